The minimum Gasteiger partial charge on any atom is -0.454 e. The van der Waals surface area contributed by atoms with Crippen LogP contribution in [0.3, 0.4) is 0 Å². The summed E-state index contributed by atoms with van der Waals surface area (Å²) < 4.78 is 8.77. The zero-order valence-corrected chi connectivity index (χ0v) is 20.2. The molecule has 8 aromatic rings. The first-order valence-corrected chi connectivity index (χ1v) is 12.7. The van der Waals surface area contributed by atoms with Crippen LogP contribution in [0.25, 0.3) is 71.6 Å². The van der Waals surface area contributed by atoms with Crippen LogP contribution in [0.15, 0.2) is 101 Å². The summed E-state index contributed by atoms with van der Waals surface area (Å²) in [6.45, 7) is 2.20. The number of hydrogen-bond donors (Lipinski definition) is 1. The van der Waals surface area contributed by atoms with E-state index in [2.05, 4.69) is 109 Å². The lowest BCUT2D eigenvalue weighted by Gasteiger charge is -2.24. The molecular weight excluding hydrogens is 451 g/mol. The zero-order chi connectivity index (χ0) is 24.2. The van der Waals surface area contributed by atoms with Gasteiger partial charge < -0.3 is 14.0 Å². The fourth-order valence-electron chi connectivity index (χ4n) is 6.49. The summed E-state index contributed by atoms with van der Waals surface area (Å²) in [7, 11) is 2.37. The molecule has 0 amide bonds. The number of hydrogen-bond acceptors (Lipinski definition) is 1. The monoisotopic (exact) mass is 471 g/mol. The van der Waals surface area contributed by atoms with Crippen LogP contribution in [0.1, 0.15) is 5.56 Å². The van der Waals surface area contributed by atoms with Gasteiger partial charge >= 0.3 is 0 Å². The fourth-order valence-corrected chi connectivity index (χ4v) is 6.49. The van der Waals surface area contributed by atoms with E-state index in [0.29, 0.717) is 0 Å². The van der Waals surface area contributed by atoms with Gasteiger partial charge in [0.25, 0.3) is 0 Å². The molecule has 171 valence electrons. The molecule has 1 aliphatic heterocycles. The lowest BCUT2D eigenvalue weighted by molar-refractivity contribution is 0.673. The van der Waals surface area contributed by atoms with Gasteiger partial charge in [-0.05, 0) is 53.8 Å². The number of aromatic amines is 1. The van der Waals surface area contributed by atoms with Gasteiger partial charge in [-0.1, -0.05) is 72.2 Å². The van der Waals surface area contributed by atoms with Crippen LogP contribution in [0.5, 0.6) is 0 Å². The van der Waals surface area contributed by atoms with E-state index in [1.807, 2.05) is 12.1 Å². The van der Waals surface area contributed by atoms with Gasteiger partial charge in [0.2, 0.25) is 0 Å². The predicted octanol–water partition coefficient (Wildman–Crippen LogP) is 7.11. The Morgan fingerprint density at radius 1 is 0.703 bits per heavy atom. The average Bonchev–Trinajstić information content (AvgIpc) is 3.58. The van der Waals surface area contributed by atoms with Gasteiger partial charge in [-0.3, -0.25) is 0 Å². The maximum atomic E-state index is 6.31. The zero-order valence-electron chi connectivity index (χ0n) is 20.2. The van der Waals surface area contributed by atoms with E-state index >= 15 is 0 Å². The van der Waals surface area contributed by atoms with Crippen molar-refractivity contribution in [1.82, 2.24) is 9.55 Å². The Hall–Kier alpha value is -4.70. The SMILES string of the molecule is Cc1cc(-c2cccc3c2[nH]c2c4ccccc4oc32)c2c(c1)-n1c3ccccc3c3cccc(c31)[B]2. The van der Waals surface area contributed by atoms with Gasteiger partial charge in [0.15, 0.2) is 12.9 Å². The average molecular weight is 471 g/mol. The van der Waals surface area contributed by atoms with E-state index in [0.717, 1.165) is 33.0 Å². The molecule has 0 saturated carbocycles. The van der Waals surface area contributed by atoms with Gasteiger partial charge in [0.05, 0.1) is 16.6 Å². The molecule has 0 unspecified atom stereocenters. The van der Waals surface area contributed by atoms with Gasteiger partial charge in [-0.2, -0.15) is 0 Å². The van der Waals surface area contributed by atoms with Crippen molar-refractivity contribution in [2.45, 2.75) is 6.92 Å². The Bertz CT molecular complexity index is 2240. The van der Waals surface area contributed by atoms with Crippen molar-refractivity contribution in [3.63, 3.8) is 0 Å². The van der Waals surface area contributed by atoms with Crippen LogP contribution in [0.2, 0.25) is 0 Å². The molecule has 1 radical (unpaired) electrons. The Kier molecular flexibility index (Phi) is 3.55. The quantitative estimate of drug-likeness (QED) is 0.255. The number of fused-ring (bicyclic) bond motifs is 10. The fraction of sp³-hybridized carbons (Fsp3) is 0.0303. The van der Waals surface area contributed by atoms with Crippen molar-refractivity contribution in [2.75, 3.05) is 0 Å². The molecule has 0 fully saturated rings. The summed E-state index contributed by atoms with van der Waals surface area (Å²) in [4.78, 5) is 3.74. The van der Waals surface area contributed by atoms with Crippen LogP contribution in [0.4, 0.5) is 0 Å². The smallest absolute Gasteiger partial charge is 0.197 e. The highest BCUT2D eigenvalue weighted by molar-refractivity contribution is 6.73. The minimum absolute atomic E-state index is 0.914. The second-order valence-electron chi connectivity index (χ2n) is 10.1. The molecule has 1 aliphatic rings. The van der Waals surface area contributed by atoms with E-state index in [4.69, 9.17) is 4.42 Å². The van der Waals surface area contributed by atoms with Crippen molar-refractivity contribution >= 4 is 73.0 Å². The third-order valence-corrected chi connectivity index (χ3v) is 8.01. The molecule has 0 saturated heterocycles. The van der Waals surface area contributed by atoms with E-state index in [-0.39, 0.29) is 0 Å². The first-order valence-electron chi connectivity index (χ1n) is 12.7. The van der Waals surface area contributed by atoms with E-state index in [1.54, 1.807) is 0 Å². The molecule has 0 spiro atoms. The molecule has 3 aromatic heterocycles. The van der Waals surface area contributed by atoms with Crippen molar-refractivity contribution in [3.05, 3.63) is 103 Å². The standard InChI is InChI=1S/C33H20BN2O/c1-18-16-24(20-10-6-12-23-30(20)35-31-22-9-3-5-15-28(22)37-33(23)31)29-27(17-18)36-26-14-4-2-8-19(26)21-11-7-13-25(34-29)32(21)36/h2-17,35H,1H3. The molecule has 5 aromatic carbocycles. The number of furan rings is 1. The number of H-pyrrole nitrogens is 1. The summed E-state index contributed by atoms with van der Waals surface area (Å²) in [5.41, 5.74) is 13.9. The summed E-state index contributed by atoms with van der Waals surface area (Å²) in [6.07, 6.45) is 0. The third kappa shape index (κ3) is 2.42. The molecule has 4 heteroatoms. The van der Waals surface area contributed by atoms with Gasteiger partial charge in [0.1, 0.15) is 5.58 Å². The van der Waals surface area contributed by atoms with Crippen LogP contribution in [-0.4, -0.2) is 16.8 Å². The normalized spacial score (nSPS) is 12.7. The Morgan fingerprint density at radius 3 is 2.43 bits per heavy atom. The molecule has 9 rings (SSSR count). The number of benzene rings is 5. The van der Waals surface area contributed by atoms with E-state index < -0.39 is 0 Å². The van der Waals surface area contributed by atoms with Crippen LogP contribution >= 0.6 is 0 Å². The Balaban J connectivity index is 1.39. The molecule has 3 nitrogen and oxygen atoms in total. The predicted molar refractivity (Wildman–Crippen MR) is 155 cm³/mol. The topological polar surface area (TPSA) is 33.9 Å². The Morgan fingerprint density at radius 2 is 1.49 bits per heavy atom. The minimum atomic E-state index is 0.914. The van der Waals surface area contributed by atoms with Crippen LogP contribution in [0, 0.1) is 6.92 Å². The molecule has 0 atom stereocenters. The van der Waals surface area contributed by atoms with Crippen molar-refractivity contribution < 1.29 is 4.42 Å². The maximum Gasteiger partial charge on any atom is 0.197 e. The molecule has 0 bridgehead atoms. The van der Waals surface area contributed by atoms with Crippen LogP contribution < -0.4 is 10.9 Å². The van der Waals surface area contributed by atoms with Crippen molar-refractivity contribution in [3.8, 4) is 16.8 Å². The number of nitrogens with zero attached hydrogens (tertiary/aromatic N) is 1. The lowest BCUT2D eigenvalue weighted by atomic mass is 9.59. The number of nitrogens with one attached hydrogen (secondary N) is 1. The molecule has 4 heterocycles. The first-order chi connectivity index (χ1) is 18.3. The molecular formula is C33H20BN2O. The second-order valence-corrected chi connectivity index (χ2v) is 10.1. The highest BCUT2D eigenvalue weighted by Gasteiger charge is 2.26. The maximum absolute atomic E-state index is 6.31. The summed E-state index contributed by atoms with van der Waals surface area (Å²) >= 11 is 0. The molecule has 1 N–H and O–H groups in total. The summed E-state index contributed by atoms with van der Waals surface area (Å²) in [6, 6.07) is 34.8. The summed E-state index contributed by atoms with van der Waals surface area (Å²) in [5.74, 6) is 0. The van der Waals surface area contributed by atoms with Crippen molar-refractivity contribution in [1.29, 1.82) is 0 Å². The largest absolute Gasteiger partial charge is 0.454 e. The number of aryl methyl sites for hydroxylation is 1. The van der Waals surface area contributed by atoms with Gasteiger partial charge in [-0.15, -0.1) is 0 Å². The third-order valence-electron chi connectivity index (χ3n) is 8.01. The Labute approximate surface area is 213 Å². The number of para-hydroxylation sites is 4. The molecule has 37 heavy (non-hydrogen) atoms. The number of aromatic nitrogens is 2. The highest BCUT2D eigenvalue weighted by Crippen LogP contribution is 2.39. The highest BCUT2D eigenvalue weighted by atomic mass is 16.3. The molecule has 0 aliphatic carbocycles. The van der Waals surface area contributed by atoms with E-state index in [9.17, 15) is 0 Å². The lowest BCUT2D eigenvalue weighted by Crippen LogP contribution is -2.37. The number of rotatable bonds is 1. The van der Waals surface area contributed by atoms with Crippen LogP contribution in [-0.2, 0) is 0 Å². The van der Waals surface area contributed by atoms with Gasteiger partial charge in [-0.25, -0.2) is 0 Å². The van der Waals surface area contributed by atoms with E-state index in [1.165, 1.54) is 55.1 Å². The summed E-state index contributed by atoms with van der Waals surface area (Å²) in [5, 5.41) is 4.83. The second kappa shape index (κ2) is 6.74. The van der Waals surface area contributed by atoms with Gasteiger partial charge in [0, 0.05) is 38.3 Å². The van der Waals surface area contributed by atoms with Crippen molar-refractivity contribution in [2.24, 2.45) is 0 Å². The first kappa shape index (κ1) is 19.5.